The van der Waals surface area contributed by atoms with Gasteiger partial charge in [0.25, 0.3) is 0 Å². The van der Waals surface area contributed by atoms with Gasteiger partial charge in [-0.2, -0.15) is 0 Å². The van der Waals surface area contributed by atoms with Crippen LogP contribution in [-0.4, -0.2) is 11.7 Å². The van der Waals surface area contributed by atoms with Crippen molar-refractivity contribution in [2.45, 2.75) is 13.0 Å². The van der Waals surface area contributed by atoms with Gasteiger partial charge in [0.05, 0.1) is 14.9 Å². The summed E-state index contributed by atoms with van der Waals surface area (Å²) in [5, 5.41) is 10.3. The first-order chi connectivity index (χ1) is 8.61. The number of hydrogen-bond donors (Lipinski definition) is 1. The van der Waals surface area contributed by atoms with E-state index >= 15 is 0 Å². The molecular weight excluding hydrogens is 380 g/mol. The van der Waals surface area contributed by atoms with Crippen LogP contribution >= 0.6 is 43.2 Å². The highest BCUT2D eigenvalue weighted by Gasteiger charge is 2.14. The van der Waals surface area contributed by atoms with Crippen molar-refractivity contribution in [3.8, 4) is 5.75 Å². The average Bonchev–Trinajstić information content (AvgIpc) is 2.78. The van der Waals surface area contributed by atoms with Gasteiger partial charge in [-0.3, -0.25) is 0 Å². The van der Waals surface area contributed by atoms with Crippen LogP contribution in [0.15, 0.2) is 38.6 Å². The number of aliphatic hydroxyl groups is 1. The Labute approximate surface area is 127 Å². The normalized spacial score (nSPS) is 12.4. The van der Waals surface area contributed by atoms with Crippen molar-refractivity contribution in [1.82, 2.24) is 0 Å². The van der Waals surface area contributed by atoms with E-state index in [-0.39, 0.29) is 0 Å². The molecular formula is C13H12Br2O2S. The predicted molar refractivity (Wildman–Crippen MR) is 81.4 cm³/mol. The lowest BCUT2D eigenvalue weighted by Crippen LogP contribution is -1.98. The molecule has 0 aliphatic rings. The molecule has 1 atom stereocenters. The Morgan fingerprint density at radius 3 is 2.61 bits per heavy atom. The van der Waals surface area contributed by atoms with Crippen LogP contribution in [0, 0.1) is 0 Å². The summed E-state index contributed by atoms with van der Waals surface area (Å²) < 4.78 is 7.32. The van der Waals surface area contributed by atoms with Crippen molar-refractivity contribution in [2.24, 2.45) is 0 Å². The van der Waals surface area contributed by atoms with Crippen LogP contribution in [-0.2, 0) is 0 Å². The minimum atomic E-state index is -0.603. The van der Waals surface area contributed by atoms with Gasteiger partial charge in [0, 0.05) is 4.88 Å². The molecule has 2 aromatic rings. The van der Waals surface area contributed by atoms with Gasteiger partial charge in [-0.25, -0.2) is 0 Å². The van der Waals surface area contributed by atoms with Crippen LogP contribution in [0.3, 0.4) is 0 Å². The maximum Gasteiger partial charge on any atom is 0.133 e. The van der Waals surface area contributed by atoms with Gasteiger partial charge in [0.15, 0.2) is 0 Å². The summed E-state index contributed by atoms with van der Waals surface area (Å²) in [6.07, 6.45) is -0.603. The third kappa shape index (κ3) is 3.15. The summed E-state index contributed by atoms with van der Waals surface area (Å²) in [5.41, 5.74) is 0.847. The van der Waals surface area contributed by atoms with Crippen molar-refractivity contribution in [1.29, 1.82) is 0 Å². The minimum absolute atomic E-state index is 0.603. The molecule has 0 fully saturated rings. The first kappa shape index (κ1) is 14.1. The largest absolute Gasteiger partial charge is 0.493 e. The second-order valence-corrected chi connectivity index (χ2v) is 7.02. The fourth-order valence-electron chi connectivity index (χ4n) is 1.60. The zero-order valence-electron chi connectivity index (χ0n) is 9.69. The molecule has 1 unspecified atom stereocenters. The van der Waals surface area contributed by atoms with Gasteiger partial charge in [-0.15, -0.1) is 11.3 Å². The van der Waals surface area contributed by atoms with E-state index < -0.39 is 6.10 Å². The Morgan fingerprint density at radius 1 is 1.28 bits per heavy atom. The van der Waals surface area contributed by atoms with Crippen molar-refractivity contribution in [3.63, 3.8) is 0 Å². The first-order valence-corrected chi connectivity index (χ1v) is 7.87. The molecule has 0 bridgehead atoms. The molecule has 1 N–H and O–H groups in total. The molecule has 18 heavy (non-hydrogen) atoms. The van der Waals surface area contributed by atoms with E-state index in [1.165, 1.54) is 11.3 Å². The van der Waals surface area contributed by atoms with E-state index in [4.69, 9.17) is 4.74 Å². The highest BCUT2D eigenvalue weighted by Crippen LogP contribution is 2.34. The minimum Gasteiger partial charge on any atom is -0.493 e. The Kier molecular flexibility index (Phi) is 4.84. The molecule has 0 saturated heterocycles. The highest BCUT2D eigenvalue weighted by atomic mass is 79.9. The molecule has 5 heteroatoms. The Bertz CT molecular complexity index is 540. The predicted octanol–water partition coefficient (Wildman–Crippen LogP) is 4.75. The van der Waals surface area contributed by atoms with Crippen molar-refractivity contribution < 1.29 is 9.84 Å². The summed E-state index contributed by atoms with van der Waals surface area (Å²) in [5.74, 6) is 0.792. The lowest BCUT2D eigenvalue weighted by Gasteiger charge is -2.12. The lowest BCUT2D eigenvalue weighted by atomic mass is 10.1. The maximum absolute atomic E-state index is 10.3. The number of thiophene rings is 1. The molecule has 0 amide bonds. The van der Waals surface area contributed by atoms with E-state index in [1.807, 2.05) is 37.3 Å². The van der Waals surface area contributed by atoms with Gasteiger partial charge < -0.3 is 9.84 Å². The van der Waals surface area contributed by atoms with Gasteiger partial charge in [0.1, 0.15) is 11.9 Å². The van der Waals surface area contributed by atoms with Crippen LogP contribution in [0.4, 0.5) is 0 Å². The first-order valence-electron chi connectivity index (χ1n) is 5.47. The molecule has 0 aliphatic heterocycles. The molecule has 2 nitrogen and oxygen atoms in total. The van der Waals surface area contributed by atoms with Crippen LogP contribution in [0.2, 0.25) is 0 Å². The second-order valence-electron chi connectivity index (χ2n) is 3.67. The molecule has 1 aromatic carbocycles. The van der Waals surface area contributed by atoms with Gasteiger partial charge in [0.2, 0.25) is 0 Å². The van der Waals surface area contributed by atoms with Crippen LogP contribution < -0.4 is 4.74 Å². The SMILES string of the molecule is CCOc1ccc(C(O)c2ccc(Br)s2)cc1Br. The maximum atomic E-state index is 10.3. The fourth-order valence-corrected chi connectivity index (χ4v) is 3.55. The van der Waals surface area contributed by atoms with Gasteiger partial charge in [-0.05, 0) is 68.6 Å². The molecule has 0 saturated carbocycles. The quantitative estimate of drug-likeness (QED) is 0.814. The molecule has 1 heterocycles. The standard InChI is InChI=1S/C13H12Br2O2S/c1-2-17-10-4-3-8(7-9(10)14)13(16)11-5-6-12(15)18-11/h3-7,13,16H,2H2,1H3. The fraction of sp³-hybridized carbons (Fsp3) is 0.231. The number of benzene rings is 1. The zero-order chi connectivity index (χ0) is 13.1. The third-order valence-electron chi connectivity index (χ3n) is 2.44. The molecule has 96 valence electrons. The summed E-state index contributed by atoms with van der Waals surface area (Å²) in [6, 6.07) is 9.50. The Morgan fingerprint density at radius 2 is 2.06 bits per heavy atom. The van der Waals surface area contributed by atoms with Gasteiger partial charge in [-0.1, -0.05) is 6.07 Å². The van der Waals surface area contributed by atoms with E-state index in [1.54, 1.807) is 0 Å². The van der Waals surface area contributed by atoms with Gasteiger partial charge >= 0.3 is 0 Å². The smallest absolute Gasteiger partial charge is 0.133 e. The summed E-state index contributed by atoms with van der Waals surface area (Å²) in [4.78, 5) is 0.915. The Balaban J connectivity index is 2.26. The average molecular weight is 392 g/mol. The van der Waals surface area contributed by atoms with E-state index in [0.717, 1.165) is 24.4 Å². The van der Waals surface area contributed by atoms with Crippen molar-refractivity contribution in [2.75, 3.05) is 6.61 Å². The Hall–Kier alpha value is -0.360. The molecule has 0 spiro atoms. The number of halogens is 2. The summed E-state index contributed by atoms with van der Waals surface area (Å²) >= 11 is 8.38. The van der Waals surface area contributed by atoms with Crippen molar-refractivity contribution in [3.05, 3.63) is 49.0 Å². The van der Waals surface area contributed by atoms with Crippen molar-refractivity contribution >= 4 is 43.2 Å². The third-order valence-corrected chi connectivity index (χ3v) is 4.73. The molecule has 2 rings (SSSR count). The van der Waals surface area contributed by atoms with E-state index in [2.05, 4.69) is 31.9 Å². The van der Waals surface area contributed by atoms with Crippen LogP contribution in [0.5, 0.6) is 5.75 Å². The lowest BCUT2D eigenvalue weighted by molar-refractivity contribution is 0.224. The van der Waals surface area contributed by atoms with E-state index in [9.17, 15) is 5.11 Å². The molecule has 1 aromatic heterocycles. The summed E-state index contributed by atoms with van der Waals surface area (Å²) in [7, 11) is 0. The summed E-state index contributed by atoms with van der Waals surface area (Å²) in [6.45, 7) is 2.57. The monoisotopic (exact) mass is 390 g/mol. The number of ether oxygens (including phenoxy) is 1. The zero-order valence-corrected chi connectivity index (χ0v) is 13.7. The number of aliphatic hydroxyl groups excluding tert-OH is 1. The van der Waals surface area contributed by atoms with Crippen LogP contribution in [0.1, 0.15) is 23.5 Å². The topological polar surface area (TPSA) is 29.5 Å². The highest BCUT2D eigenvalue weighted by molar-refractivity contribution is 9.11. The number of hydrogen-bond acceptors (Lipinski definition) is 3. The molecule has 0 radical (unpaired) electrons. The number of rotatable bonds is 4. The molecule has 0 aliphatic carbocycles. The second kappa shape index (κ2) is 6.19. The van der Waals surface area contributed by atoms with Crippen LogP contribution in [0.25, 0.3) is 0 Å². The van der Waals surface area contributed by atoms with E-state index in [0.29, 0.717) is 6.61 Å².